The molecule has 3 aromatic rings. The molecule has 6 heteroatoms. The zero-order valence-corrected chi connectivity index (χ0v) is 17.5. The van der Waals surface area contributed by atoms with Crippen LogP contribution in [0.4, 0.5) is 5.69 Å². The van der Waals surface area contributed by atoms with Gasteiger partial charge in [-0.1, -0.05) is 19.1 Å². The van der Waals surface area contributed by atoms with Gasteiger partial charge in [0.1, 0.15) is 0 Å². The second kappa shape index (κ2) is 8.43. The van der Waals surface area contributed by atoms with E-state index in [1.54, 1.807) is 24.3 Å². The Bertz CT molecular complexity index is 1030. The van der Waals surface area contributed by atoms with Crippen LogP contribution >= 0.6 is 0 Å². The molecule has 1 fully saturated rings. The number of benzene rings is 2. The summed E-state index contributed by atoms with van der Waals surface area (Å²) in [5, 5.41) is 0. The largest absolute Gasteiger partial charge is 0.324 e. The number of nitrogens with one attached hydrogen (secondary N) is 1. The fourth-order valence-electron chi connectivity index (χ4n) is 3.97. The third-order valence-corrected chi connectivity index (χ3v) is 6.89. The van der Waals surface area contributed by atoms with E-state index in [0.29, 0.717) is 11.6 Å². The van der Waals surface area contributed by atoms with Crippen molar-refractivity contribution in [3.05, 3.63) is 78.6 Å². The van der Waals surface area contributed by atoms with E-state index in [1.165, 1.54) is 18.4 Å². The van der Waals surface area contributed by atoms with Crippen LogP contribution in [0, 0.1) is 0 Å². The summed E-state index contributed by atoms with van der Waals surface area (Å²) in [6, 6.07) is 18.6. The average molecular weight is 410 g/mol. The molecule has 1 saturated heterocycles. The first-order chi connectivity index (χ1) is 14.0. The van der Waals surface area contributed by atoms with Crippen molar-refractivity contribution in [1.29, 1.82) is 0 Å². The van der Waals surface area contributed by atoms with Crippen molar-refractivity contribution in [2.24, 2.45) is 0 Å². The van der Waals surface area contributed by atoms with Crippen LogP contribution in [0.15, 0.2) is 78.0 Å². The number of hydrogen-bond acceptors (Lipinski definition) is 3. The molecule has 0 spiro atoms. The standard InChI is InChI=1S/C23H27N3O2S/c1-2-14-25-17-13-20(18-25)19-5-7-21(8-6-19)24-29(27,28)23-11-9-22(10-12-23)26-15-3-4-16-26/h3-12,15-16,20,24H,2,13-14,17-18H2,1H3/t20-/m1/s1. The predicted octanol–water partition coefficient (Wildman–Crippen LogP) is 4.48. The third kappa shape index (κ3) is 4.54. The van der Waals surface area contributed by atoms with Crippen LogP contribution in [-0.4, -0.2) is 37.5 Å². The molecule has 0 aliphatic carbocycles. The monoisotopic (exact) mass is 409 g/mol. The van der Waals surface area contributed by atoms with Gasteiger partial charge in [0, 0.05) is 30.3 Å². The molecule has 4 rings (SSSR count). The lowest BCUT2D eigenvalue weighted by Gasteiger charge is -2.15. The van der Waals surface area contributed by atoms with Gasteiger partial charge in [-0.25, -0.2) is 8.42 Å². The second-order valence-corrected chi connectivity index (χ2v) is 9.28. The Hall–Kier alpha value is -2.57. The molecule has 2 aromatic carbocycles. The molecule has 0 amide bonds. The smallest absolute Gasteiger partial charge is 0.261 e. The zero-order chi connectivity index (χ0) is 20.3. The van der Waals surface area contributed by atoms with E-state index in [0.717, 1.165) is 25.3 Å². The van der Waals surface area contributed by atoms with Crippen LogP contribution in [0.1, 0.15) is 31.2 Å². The Kier molecular flexibility index (Phi) is 5.74. The summed E-state index contributed by atoms with van der Waals surface area (Å²) in [6.07, 6.45) is 6.20. The van der Waals surface area contributed by atoms with Crippen LogP contribution in [0.25, 0.3) is 5.69 Å². The summed E-state index contributed by atoms with van der Waals surface area (Å²) >= 11 is 0. The fourth-order valence-corrected chi connectivity index (χ4v) is 5.02. The quantitative estimate of drug-likeness (QED) is 0.626. The maximum atomic E-state index is 12.7. The first kappa shape index (κ1) is 19.7. The molecule has 1 aromatic heterocycles. The number of aromatic nitrogens is 1. The number of rotatable bonds is 7. The van der Waals surface area contributed by atoms with Gasteiger partial charge in [-0.05, 0) is 85.9 Å². The highest BCUT2D eigenvalue weighted by Crippen LogP contribution is 2.28. The normalized spacial score (nSPS) is 17.5. The molecule has 1 N–H and O–H groups in total. The zero-order valence-electron chi connectivity index (χ0n) is 16.7. The number of nitrogens with zero attached hydrogens (tertiary/aromatic N) is 2. The summed E-state index contributed by atoms with van der Waals surface area (Å²) in [4.78, 5) is 2.75. The van der Waals surface area contributed by atoms with E-state index in [1.807, 2.05) is 53.4 Å². The van der Waals surface area contributed by atoms with Gasteiger partial charge >= 0.3 is 0 Å². The Labute approximate surface area is 173 Å². The minimum Gasteiger partial charge on any atom is -0.324 e. The Morgan fingerprint density at radius 3 is 2.34 bits per heavy atom. The van der Waals surface area contributed by atoms with Crippen LogP contribution < -0.4 is 4.72 Å². The molecule has 152 valence electrons. The first-order valence-electron chi connectivity index (χ1n) is 10.1. The van der Waals surface area contributed by atoms with E-state index >= 15 is 0 Å². The Balaban J connectivity index is 1.43. The fraction of sp³-hybridized carbons (Fsp3) is 0.304. The molecule has 0 saturated carbocycles. The Morgan fingerprint density at radius 2 is 1.69 bits per heavy atom. The van der Waals surface area contributed by atoms with Gasteiger partial charge in [0.25, 0.3) is 10.0 Å². The molecule has 29 heavy (non-hydrogen) atoms. The molecule has 5 nitrogen and oxygen atoms in total. The highest BCUT2D eigenvalue weighted by molar-refractivity contribution is 7.92. The Morgan fingerprint density at radius 1 is 1.00 bits per heavy atom. The van der Waals surface area contributed by atoms with Crippen molar-refractivity contribution in [1.82, 2.24) is 9.47 Å². The van der Waals surface area contributed by atoms with E-state index < -0.39 is 10.0 Å². The average Bonchev–Trinajstić information content (AvgIpc) is 3.41. The summed E-state index contributed by atoms with van der Waals surface area (Å²) in [5.74, 6) is 0.536. The van der Waals surface area contributed by atoms with Crippen molar-refractivity contribution in [2.45, 2.75) is 30.6 Å². The van der Waals surface area contributed by atoms with E-state index in [-0.39, 0.29) is 4.90 Å². The van der Waals surface area contributed by atoms with Crippen molar-refractivity contribution in [3.63, 3.8) is 0 Å². The predicted molar refractivity (Wildman–Crippen MR) is 117 cm³/mol. The number of hydrogen-bond donors (Lipinski definition) is 1. The maximum Gasteiger partial charge on any atom is 0.261 e. The highest BCUT2D eigenvalue weighted by Gasteiger charge is 2.23. The van der Waals surface area contributed by atoms with Crippen molar-refractivity contribution in [3.8, 4) is 5.69 Å². The lowest BCUT2D eigenvalue weighted by Crippen LogP contribution is -2.20. The van der Waals surface area contributed by atoms with Crippen molar-refractivity contribution >= 4 is 15.7 Å². The van der Waals surface area contributed by atoms with Crippen LogP contribution in [-0.2, 0) is 10.0 Å². The molecule has 0 unspecified atom stereocenters. The van der Waals surface area contributed by atoms with Gasteiger partial charge < -0.3 is 9.47 Å². The van der Waals surface area contributed by atoms with E-state index in [2.05, 4.69) is 16.5 Å². The molecule has 0 bridgehead atoms. The molecular formula is C23H27N3O2S. The van der Waals surface area contributed by atoms with Gasteiger partial charge in [0.15, 0.2) is 0 Å². The molecule has 1 aliphatic rings. The molecular weight excluding hydrogens is 382 g/mol. The van der Waals surface area contributed by atoms with Crippen molar-refractivity contribution < 1.29 is 8.42 Å². The van der Waals surface area contributed by atoms with Crippen LogP contribution in [0.2, 0.25) is 0 Å². The third-order valence-electron chi connectivity index (χ3n) is 5.50. The topological polar surface area (TPSA) is 54.3 Å². The van der Waals surface area contributed by atoms with Gasteiger partial charge in [-0.15, -0.1) is 0 Å². The lowest BCUT2D eigenvalue weighted by atomic mass is 9.98. The van der Waals surface area contributed by atoms with Crippen molar-refractivity contribution in [2.75, 3.05) is 24.4 Å². The van der Waals surface area contributed by atoms with Gasteiger partial charge in [-0.2, -0.15) is 0 Å². The summed E-state index contributed by atoms with van der Waals surface area (Å²) in [7, 11) is -3.61. The van der Waals surface area contributed by atoms with E-state index in [9.17, 15) is 8.42 Å². The molecule has 1 aliphatic heterocycles. The summed E-state index contributed by atoms with van der Waals surface area (Å²) < 4.78 is 30.1. The SMILES string of the molecule is CCCN1CC[C@@H](c2ccc(NS(=O)(=O)c3ccc(-n4cccc4)cc3)cc2)C1. The molecule has 1 atom stereocenters. The number of sulfonamides is 1. The van der Waals surface area contributed by atoms with E-state index in [4.69, 9.17) is 0 Å². The summed E-state index contributed by atoms with van der Waals surface area (Å²) in [5.41, 5.74) is 2.79. The second-order valence-electron chi connectivity index (χ2n) is 7.60. The highest BCUT2D eigenvalue weighted by atomic mass is 32.2. The molecule has 2 heterocycles. The van der Waals surface area contributed by atoms with Crippen LogP contribution in [0.3, 0.4) is 0 Å². The first-order valence-corrected chi connectivity index (χ1v) is 11.6. The maximum absolute atomic E-state index is 12.7. The minimum atomic E-state index is -3.61. The van der Waals surface area contributed by atoms with Gasteiger partial charge in [0.2, 0.25) is 0 Å². The van der Waals surface area contributed by atoms with Gasteiger partial charge in [-0.3, -0.25) is 4.72 Å². The molecule has 0 radical (unpaired) electrons. The minimum absolute atomic E-state index is 0.253. The van der Waals surface area contributed by atoms with Crippen LogP contribution in [0.5, 0.6) is 0 Å². The number of likely N-dealkylation sites (tertiary alicyclic amines) is 1. The summed E-state index contributed by atoms with van der Waals surface area (Å²) in [6.45, 7) is 5.60. The van der Waals surface area contributed by atoms with Gasteiger partial charge in [0.05, 0.1) is 4.90 Å². The lowest BCUT2D eigenvalue weighted by molar-refractivity contribution is 0.335. The number of anilines is 1.